The highest BCUT2D eigenvalue weighted by Crippen LogP contribution is 2.31. The molecule has 0 amide bonds. The van der Waals surface area contributed by atoms with Gasteiger partial charge in [0.25, 0.3) is 0 Å². The van der Waals surface area contributed by atoms with E-state index in [1.165, 1.54) is 7.11 Å². The van der Waals surface area contributed by atoms with Crippen LogP contribution in [0, 0.1) is 0 Å². The zero-order valence-corrected chi connectivity index (χ0v) is 13.4. The predicted molar refractivity (Wildman–Crippen MR) is 85.2 cm³/mol. The van der Waals surface area contributed by atoms with Gasteiger partial charge >= 0.3 is 5.97 Å². The molecule has 1 aliphatic rings. The molecular formula is C16H23NO3S. The molecule has 0 bridgehead atoms. The van der Waals surface area contributed by atoms with E-state index in [2.05, 4.69) is 6.92 Å². The summed E-state index contributed by atoms with van der Waals surface area (Å²) in [5.41, 5.74) is 6.10. The summed E-state index contributed by atoms with van der Waals surface area (Å²) in [6, 6.07) is 9.44. The lowest BCUT2D eigenvalue weighted by molar-refractivity contribution is -0.147. The maximum atomic E-state index is 12.1. The number of thioether (sulfide) groups is 1. The van der Waals surface area contributed by atoms with E-state index in [-0.39, 0.29) is 12.1 Å². The summed E-state index contributed by atoms with van der Waals surface area (Å²) in [5, 5.41) is 0.489. The summed E-state index contributed by atoms with van der Waals surface area (Å²) in [6.45, 7) is 2.92. The molecule has 0 saturated carbocycles. The molecule has 5 heteroatoms. The Balaban J connectivity index is 2.02. The van der Waals surface area contributed by atoms with Crippen LogP contribution in [0.4, 0.5) is 0 Å². The molecule has 1 heterocycles. The lowest BCUT2D eigenvalue weighted by Crippen LogP contribution is -2.46. The number of esters is 1. The van der Waals surface area contributed by atoms with E-state index in [0.717, 1.165) is 24.3 Å². The van der Waals surface area contributed by atoms with Gasteiger partial charge in [-0.1, -0.05) is 30.3 Å². The van der Waals surface area contributed by atoms with Crippen molar-refractivity contribution in [2.45, 2.75) is 36.7 Å². The van der Waals surface area contributed by atoms with Crippen LogP contribution in [0.5, 0.6) is 0 Å². The normalized spacial score (nSPS) is 24.5. The summed E-state index contributed by atoms with van der Waals surface area (Å²) < 4.78 is 10.5. The van der Waals surface area contributed by atoms with Crippen molar-refractivity contribution in [3.8, 4) is 0 Å². The lowest BCUT2D eigenvalue weighted by Gasteiger charge is -2.27. The Bertz CT molecular complexity index is 468. The third-order valence-corrected chi connectivity index (χ3v) is 5.46. The van der Waals surface area contributed by atoms with Gasteiger partial charge in [-0.3, -0.25) is 0 Å². The highest BCUT2D eigenvalue weighted by molar-refractivity contribution is 7.99. The molecule has 4 nitrogen and oxygen atoms in total. The van der Waals surface area contributed by atoms with Gasteiger partial charge in [0.05, 0.1) is 13.2 Å². The van der Waals surface area contributed by atoms with Crippen molar-refractivity contribution >= 4 is 17.7 Å². The molecule has 3 unspecified atom stereocenters. The second kappa shape index (κ2) is 7.29. The van der Waals surface area contributed by atoms with Crippen molar-refractivity contribution in [2.75, 3.05) is 19.5 Å². The average molecular weight is 309 g/mol. The monoisotopic (exact) mass is 309 g/mol. The maximum absolute atomic E-state index is 12.1. The molecule has 3 atom stereocenters. The van der Waals surface area contributed by atoms with E-state index in [1.807, 2.05) is 42.1 Å². The topological polar surface area (TPSA) is 61.5 Å². The minimum Gasteiger partial charge on any atom is -0.467 e. The molecule has 2 rings (SSSR count). The molecule has 2 N–H and O–H groups in total. The Kier molecular flexibility index (Phi) is 5.67. The first-order chi connectivity index (χ1) is 10.1. The number of hydrogen-bond acceptors (Lipinski definition) is 5. The molecule has 1 aromatic carbocycles. The van der Waals surface area contributed by atoms with E-state index < -0.39 is 5.54 Å². The van der Waals surface area contributed by atoms with Crippen LogP contribution in [-0.2, 0) is 19.8 Å². The summed E-state index contributed by atoms with van der Waals surface area (Å²) >= 11 is 1.83. The van der Waals surface area contributed by atoms with Gasteiger partial charge in [0, 0.05) is 11.9 Å². The maximum Gasteiger partial charge on any atom is 0.330 e. The van der Waals surface area contributed by atoms with Gasteiger partial charge in [-0.15, -0.1) is 0 Å². The fourth-order valence-corrected chi connectivity index (χ4v) is 3.94. The van der Waals surface area contributed by atoms with Gasteiger partial charge in [0.15, 0.2) is 0 Å². The lowest BCUT2D eigenvalue weighted by atomic mass is 9.88. The number of carbonyl (C=O) groups is 1. The third kappa shape index (κ3) is 3.78. The van der Waals surface area contributed by atoms with E-state index in [0.29, 0.717) is 11.7 Å². The fraction of sp³-hybridized carbons (Fsp3) is 0.562. The Hall–Kier alpha value is -1.04. The van der Waals surface area contributed by atoms with Crippen molar-refractivity contribution in [2.24, 2.45) is 5.73 Å². The zero-order valence-electron chi connectivity index (χ0n) is 12.6. The fourth-order valence-electron chi connectivity index (χ4n) is 2.58. The molecule has 0 aliphatic carbocycles. The second-order valence-electron chi connectivity index (χ2n) is 5.35. The van der Waals surface area contributed by atoms with Crippen LogP contribution in [0.2, 0.25) is 0 Å². The first kappa shape index (κ1) is 16.3. The highest BCUT2D eigenvalue weighted by Gasteiger charge is 2.37. The molecule has 1 aromatic rings. The van der Waals surface area contributed by atoms with Gasteiger partial charge in [-0.25, -0.2) is 4.79 Å². The molecular weight excluding hydrogens is 286 g/mol. The number of carbonyl (C=O) groups excluding carboxylic acids is 1. The molecule has 1 aliphatic heterocycles. The first-order valence-corrected chi connectivity index (χ1v) is 8.29. The van der Waals surface area contributed by atoms with Crippen molar-refractivity contribution in [1.82, 2.24) is 0 Å². The van der Waals surface area contributed by atoms with Crippen LogP contribution in [0.1, 0.15) is 25.3 Å². The van der Waals surface area contributed by atoms with Crippen molar-refractivity contribution in [3.63, 3.8) is 0 Å². The van der Waals surface area contributed by atoms with Crippen LogP contribution < -0.4 is 5.73 Å². The quantitative estimate of drug-likeness (QED) is 0.817. The van der Waals surface area contributed by atoms with Crippen molar-refractivity contribution in [1.29, 1.82) is 0 Å². The number of methoxy groups -OCH3 is 1. The largest absolute Gasteiger partial charge is 0.467 e. The summed E-state index contributed by atoms with van der Waals surface area (Å²) in [4.78, 5) is 12.1. The number of rotatable bonds is 6. The summed E-state index contributed by atoms with van der Waals surface area (Å²) in [7, 11) is 1.38. The summed E-state index contributed by atoms with van der Waals surface area (Å²) in [6.07, 6.45) is 1.89. The van der Waals surface area contributed by atoms with Gasteiger partial charge in [-0.2, -0.15) is 11.8 Å². The average Bonchev–Trinajstić information content (AvgIpc) is 2.92. The molecule has 1 fully saturated rings. The Morgan fingerprint density at radius 3 is 2.76 bits per heavy atom. The van der Waals surface area contributed by atoms with E-state index >= 15 is 0 Å². The van der Waals surface area contributed by atoms with Crippen LogP contribution in [0.25, 0.3) is 0 Å². The van der Waals surface area contributed by atoms with E-state index in [4.69, 9.17) is 15.2 Å². The zero-order chi connectivity index (χ0) is 15.3. The molecule has 0 spiro atoms. The Morgan fingerprint density at radius 2 is 2.19 bits per heavy atom. The van der Waals surface area contributed by atoms with Crippen molar-refractivity contribution < 1.29 is 14.3 Å². The molecule has 1 saturated heterocycles. The van der Waals surface area contributed by atoms with Crippen LogP contribution >= 0.6 is 11.8 Å². The van der Waals surface area contributed by atoms with Crippen molar-refractivity contribution in [3.05, 3.63) is 35.9 Å². The standard InChI is InChI=1S/C16H23NO3S/c1-12-14(8-10-20-12)21-11-9-16(17,15(18)19-2)13-6-4-3-5-7-13/h3-7,12,14H,8-11,17H2,1-2H3. The minimum absolute atomic E-state index is 0.275. The number of hydrogen-bond donors (Lipinski definition) is 1. The van der Waals surface area contributed by atoms with E-state index in [1.54, 1.807) is 0 Å². The predicted octanol–water partition coefficient (Wildman–Crippen LogP) is 2.31. The third-order valence-electron chi connectivity index (χ3n) is 3.97. The molecule has 0 aromatic heterocycles. The number of nitrogens with two attached hydrogens (primary N) is 1. The van der Waals surface area contributed by atoms with Gasteiger partial charge in [0.1, 0.15) is 5.54 Å². The van der Waals surface area contributed by atoms with Gasteiger partial charge < -0.3 is 15.2 Å². The second-order valence-corrected chi connectivity index (χ2v) is 6.70. The number of benzene rings is 1. The minimum atomic E-state index is -1.08. The van der Waals surface area contributed by atoms with E-state index in [9.17, 15) is 4.79 Å². The molecule has 116 valence electrons. The van der Waals surface area contributed by atoms with Gasteiger partial charge in [-0.05, 0) is 31.1 Å². The molecule has 21 heavy (non-hydrogen) atoms. The Morgan fingerprint density at radius 1 is 1.48 bits per heavy atom. The SMILES string of the molecule is COC(=O)C(N)(CCSC1CCOC1C)c1ccccc1. The van der Waals surface area contributed by atoms with Crippen LogP contribution in [-0.4, -0.2) is 36.8 Å². The summed E-state index contributed by atoms with van der Waals surface area (Å²) in [5.74, 6) is 0.420. The smallest absolute Gasteiger partial charge is 0.330 e. The van der Waals surface area contributed by atoms with Gasteiger partial charge in [0.2, 0.25) is 0 Å². The van der Waals surface area contributed by atoms with Crippen LogP contribution in [0.3, 0.4) is 0 Å². The highest BCUT2D eigenvalue weighted by atomic mass is 32.2. The van der Waals surface area contributed by atoms with Crippen LogP contribution in [0.15, 0.2) is 30.3 Å². The first-order valence-electron chi connectivity index (χ1n) is 7.24. The molecule has 0 radical (unpaired) electrons. The Labute approximate surface area is 130 Å². The number of ether oxygens (including phenoxy) is 2.